The van der Waals surface area contributed by atoms with Crippen LogP contribution in [0.1, 0.15) is 25.7 Å². The molecule has 4 heteroatoms. The van der Waals surface area contributed by atoms with Gasteiger partial charge in [0.1, 0.15) is 6.29 Å². The molecule has 0 aromatic carbocycles. The summed E-state index contributed by atoms with van der Waals surface area (Å²) in [6.07, 6.45) is -2.48. The Morgan fingerprint density at radius 1 is 1.17 bits per heavy atom. The van der Waals surface area contributed by atoms with Crippen LogP contribution in [0.15, 0.2) is 11.1 Å². The van der Waals surface area contributed by atoms with Crippen molar-refractivity contribution in [2.45, 2.75) is 31.9 Å². The first-order valence-corrected chi connectivity index (χ1v) is 3.80. The van der Waals surface area contributed by atoms with Gasteiger partial charge in [0, 0.05) is 5.57 Å². The maximum absolute atomic E-state index is 12.2. The second-order valence-corrected chi connectivity index (χ2v) is 2.83. The van der Waals surface area contributed by atoms with Crippen LogP contribution >= 0.6 is 0 Å². The maximum Gasteiger partial charge on any atom is 0.413 e. The number of alkyl halides is 3. The monoisotopic (exact) mass is 178 g/mol. The average Bonchev–Trinajstić information content (AvgIpc) is 2.03. The molecule has 0 aliphatic heterocycles. The van der Waals surface area contributed by atoms with Gasteiger partial charge in [-0.15, -0.1) is 0 Å². The van der Waals surface area contributed by atoms with Crippen LogP contribution in [-0.2, 0) is 4.79 Å². The predicted molar refractivity (Wildman–Crippen MR) is 37.6 cm³/mol. The van der Waals surface area contributed by atoms with Crippen molar-refractivity contribution in [2.75, 3.05) is 0 Å². The van der Waals surface area contributed by atoms with Crippen LogP contribution in [-0.4, -0.2) is 12.5 Å². The van der Waals surface area contributed by atoms with Crippen molar-refractivity contribution in [1.29, 1.82) is 0 Å². The highest BCUT2D eigenvalue weighted by atomic mass is 19.4. The van der Waals surface area contributed by atoms with Crippen LogP contribution in [0.25, 0.3) is 0 Å². The summed E-state index contributed by atoms with van der Waals surface area (Å²) in [4.78, 5) is 10.3. The van der Waals surface area contributed by atoms with Gasteiger partial charge >= 0.3 is 6.18 Å². The molecule has 12 heavy (non-hydrogen) atoms. The van der Waals surface area contributed by atoms with Crippen LogP contribution in [0.2, 0.25) is 0 Å². The third kappa shape index (κ3) is 1.87. The van der Waals surface area contributed by atoms with Crippen LogP contribution < -0.4 is 0 Å². The number of carbonyl (C=O) groups excluding carboxylic acids is 1. The van der Waals surface area contributed by atoms with Crippen molar-refractivity contribution in [1.82, 2.24) is 0 Å². The molecule has 0 atom stereocenters. The Bertz CT molecular complexity index is 215. The van der Waals surface area contributed by atoms with E-state index in [0.29, 0.717) is 19.1 Å². The third-order valence-electron chi connectivity index (χ3n) is 1.99. The van der Waals surface area contributed by atoms with Crippen LogP contribution in [0.4, 0.5) is 13.2 Å². The molecular weight excluding hydrogens is 169 g/mol. The maximum atomic E-state index is 12.2. The summed E-state index contributed by atoms with van der Waals surface area (Å²) in [6, 6.07) is 0. The summed E-state index contributed by atoms with van der Waals surface area (Å²) in [5.41, 5.74) is -0.683. The number of rotatable bonds is 1. The van der Waals surface area contributed by atoms with Gasteiger partial charge in [-0.3, -0.25) is 4.79 Å². The molecule has 1 rings (SSSR count). The van der Waals surface area contributed by atoms with Gasteiger partial charge in [0.15, 0.2) is 0 Å². The number of hydrogen-bond donors (Lipinski definition) is 0. The molecule has 0 aromatic rings. The number of hydrogen-bond acceptors (Lipinski definition) is 1. The highest BCUT2D eigenvalue weighted by Crippen LogP contribution is 2.36. The number of allylic oxidation sites excluding steroid dienone is 2. The topological polar surface area (TPSA) is 17.1 Å². The van der Waals surface area contributed by atoms with E-state index in [-0.39, 0.29) is 18.4 Å². The van der Waals surface area contributed by atoms with Crippen LogP contribution in [0.3, 0.4) is 0 Å². The second kappa shape index (κ2) is 3.29. The molecular formula is C8H9F3O. The summed E-state index contributed by atoms with van der Waals surface area (Å²) in [5.74, 6) is 0. The third-order valence-corrected chi connectivity index (χ3v) is 1.99. The molecule has 0 N–H and O–H groups in total. The van der Waals surface area contributed by atoms with E-state index >= 15 is 0 Å². The average molecular weight is 178 g/mol. The Balaban J connectivity index is 2.95. The lowest BCUT2D eigenvalue weighted by atomic mass is 9.92. The number of aldehydes is 1. The summed E-state index contributed by atoms with van der Waals surface area (Å²) in [7, 11) is 0. The molecule has 1 aliphatic carbocycles. The zero-order valence-electron chi connectivity index (χ0n) is 6.45. The summed E-state index contributed by atoms with van der Waals surface area (Å²) in [6.45, 7) is 0. The van der Waals surface area contributed by atoms with Gasteiger partial charge < -0.3 is 0 Å². The van der Waals surface area contributed by atoms with E-state index in [1.165, 1.54) is 0 Å². The van der Waals surface area contributed by atoms with Crippen molar-refractivity contribution >= 4 is 6.29 Å². The smallest absolute Gasteiger partial charge is 0.298 e. The fourth-order valence-corrected chi connectivity index (χ4v) is 1.38. The first-order chi connectivity index (χ1) is 5.55. The van der Waals surface area contributed by atoms with E-state index in [1.807, 2.05) is 0 Å². The van der Waals surface area contributed by atoms with E-state index < -0.39 is 11.7 Å². The molecule has 0 fully saturated rings. The lowest BCUT2D eigenvalue weighted by Crippen LogP contribution is -2.17. The first kappa shape index (κ1) is 9.29. The van der Waals surface area contributed by atoms with Crippen molar-refractivity contribution in [3.63, 3.8) is 0 Å². The van der Waals surface area contributed by atoms with E-state index in [4.69, 9.17) is 0 Å². The van der Waals surface area contributed by atoms with E-state index in [9.17, 15) is 18.0 Å². The van der Waals surface area contributed by atoms with Crippen LogP contribution in [0, 0.1) is 0 Å². The molecule has 0 saturated carbocycles. The molecule has 0 amide bonds. The molecule has 1 aliphatic rings. The van der Waals surface area contributed by atoms with Gasteiger partial charge in [0.05, 0.1) is 0 Å². The van der Waals surface area contributed by atoms with Gasteiger partial charge in [-0.2, -0.15) is 13.2 Å². The van der Waals surface area contributed by atoms with Gasteiger partial charge in [-0.1, -0.05) is 0 Å². The van der Waals surface area contributed by atoms with Crippen molar-refractivity contribution in [3.05, 3.63) is 11.1 Å². The van der Waals surface area contributed by atoms with Gasteiger partial charge in [-0.05, 0) is 31.3 Å². The fraction of sp³-hybridized carbons (Fsp3) is 0.625. The van der Waals surface area contributed by atoms with Crippen molar-refractivity contribution in [2.24, 2.45) is 0 Å². The molecule has 0 bridgehead atoms. The highest BCUT2D eigenvalue weighted by Gasteiger charge is 2.36. The minimum Gasteiger partial charge on any atom is -0.298 e. The fourth-order valence-electron chi connectivity index (χ4n) is 1.38. The van der Waals surface area contributed by atoms with Crippen molar-refractivity contribution in [3.8, 4) is 0 Å². The zero-order valence-corrected chi connectivity index (χ0v) is 6.45. The Kier molecular flexibility index (Phi) is 2.55. The summed E-state index contributed by atoms with van der Waals surface area (Å²) in [5, 5.41) is 0. The SMILES string of the molecule is O=CC1=C(C(F)(F)F)CCCC1. The van der Waals surface area contributed by atoms with Gasteiger partial charge in [0.25, 0.3) is 0 Å². The van der Waals surface area contributed by atoms with Crippen LogP contribution in [0.5, 0.6) is 0 Å². The normalized spacial score (nSPS) is 19.6. The Morgan fingerprint density at radius 3 is 2.17 bits per heavy atom. The number of halogens is 3. The van der Waals surface area contributed by atoms with E-state index in [2.05, 4.69) is 0 Å². The molecule has 68 valence electrons. The number of carbonyl (C=O) groups is 1. The quantitative estimate of drug-likeness (QED) is 0.564. The Labute approximate surface area is 68.3 Å². The molecule has 0 spiro atoms. The minimum absolute atomic E-state index is 0.00241. The van der Waals surface area contributed by atoms with Crippen molar-refractivity contribution < 1.29 is 18.0 Å². The minimum atomic E-state index is -4.31. The largest absolute Gasteiger partial charge is 0.413 e. The summed E-state index contributed by atoms with van der Waals surface area (Å²) < 4.78 is 36.5. The molecule has 0 heterocycles. The Morgan fingerprint density at radius 2 is 1.75 bits per heavy atom. The molecule has 0 saturated heterocycles. The van der Waals surface area contributed by atoms with Gasteiger partial charge in [0.2, 0.25) is 0 Å². The second-order valence-electron chi connectivity index (χ2n) is 2.83. The zero-order chi connectivity index (χ0) is 9.19. The van der Waals surface area contributed by atoms with Gasteiger partial charge in [-0.25, -0.2) is 0 Å². The molecule has 0 aromatic heterocycles. The van der Waals surface area contributed by atoms with E-state index in [1.54, 1.807) is 0 Å². The highest BCUT2D eigenvalue weighted by molar-refractivity contribution is 5.75. The summed E-state index contributed by atoms with van der Waals surface area (Å²) >= 11 is 0. The Hall–Kier alpha value is -0.800. The lowest BCUT2D eigenvalue weighted by Gasteiger charge is -2.18. The van der Waals surface area contributed by atoms with E-state index in [0.717, 1.165) is 0 Å². The molecule has 1 nitrogen and oxygen atoms in total. The standard InChI is InChI=1S/C8H9F3O/c9-8(10,11)7-4-2-1-3-6(7)5-12/h5H,1-4H2. The molecule has 0 unspecified atom stereocenters. The predicted octanol–water partition coefficient (Wildman–Crippen LogP) is 2.62. The molecule has 0 radical (unpaired) electrons. The first-order valence-electron chi connectivity index (χ1n) is 3.80. The lowest BCUT2D eigenvalue weighted by molar-refractivity contribution is -0.109.